The molecule has 0 aromatic carbocycles. The number of carbonyl (C=O) groups is 1. The molecule has 1 unspecified atom stereocenters. The van der Waals surface area contributed by atoms with Crippen LogP contribution in [0.5, 0.6) is 0 Å². The predicted octanol–water partition coefficient (Wildman–Crippen LogP) is 2.52. The summed E-state index contributed by atoms with van der Waals surface area (Å²) >= 11 is 0. The molecule has 0 spiro atoms. The normalized spacial score (nSPS) is 23.7. The number of aliphatic carboxylic acids is 1. The maximum absolute atomic E-state index is 12.4. The summed E-state index contributed by atoms with van der Waals surface area (Å²) in [6.07, 6.45) is -4.70. The third-order valence-corrected chi connectivity index (χ3v) is 4.71. The highest BCUT2D eigenvalue weighted by Crippen LogP contribution is 2.67. The van der Waals surface area contributed by atoms with Gasteiger partial charge < -0.3 is 10.4 Å². The SMILES string of the molecule is CC1(C)C(CNCC(C(=O)O)C(F)(F)F)C1(C)C. The third-order valence-electron chi connectivity index (χ3n) is 4.71. The van der Waals surface area contributed by atoms with Crippen molar-refractivity contribution in [2.75, 3.05) is 13.1 Å². The largest absolute Gasteiger partial charge is 0.481 e. The zero-order chi connectivity index (χ0) is 14.4. The van der Waals surface area contributed by atoms with Crippen LogP contribution in [-0.2, 0) is 4.79 Å². The molecule has 0 amide bonds. The minimum Gasteiger partial charge on any atom is -0.481 e. The van der Waals surface area contributed by atoms with Crippen molar-refractivity contribution in [3.8, 4) is 0 Å². The van der Waals surface area contributed by atoms with Gasteiger partial charge in [-0.2, -0.15) is 13.2 Å². The topological polar surface area (TPSA) is 49.3 Å². The Balaban J connectivity index is 2.45. The lowest BCUT2D eigenvalue weighted by Gasteiger charge is -2.16. The molecule has 1 atom stereocenters. The number of hydrogen-bond donors (Lipinski definition) is 2. The number of nitrogens with one attached hydrogen (secondary N) is 1. The van der Waals surface area contributed by atoms with Crippen LogP contribution in [0.15, 0.2) is 0 Å². The van der Waals surface area contributed by atoms with E-state index in [1.54, 1.807) is 0 Å². The highest BCUT2D eigenvalue weighted by Gasteiger charge is 2.63. The lowest BCUT2D eigenvalue weighted by Crippen LogP contribution is -2.39. The smallest absolute Gasteiger partial charge is 0.403 e. The van der Waals surface area contributed by atoms with E-state index in [0.29, 0.717) is 6.54 Å². The molecule has 1 aliphatic carbocycles. The predicted molar refractivity (Wildman–Crippen MR) is 61.1 cm³/mol. The van der Waals surface area contributed by atoms with Crippen LogP contribution >= 0.6 is 0 Å². The van der Waals surface area contributed by atoms with Crippen LogP contribution in [0, 0.1) is 22.7 Å². The second kappa shape index (κ2) is 4.40. The van der Waals surface area contributed by atoms with Gasteiger partial charge in [-0.25, -0.2) is 0 Å². The van der Waals surface area contributed by atoms with Crippen LogP contribution in [0.4, 0.5) is 13.2 Å². The summed E-state index contributed by atoms with van der Waals surface area (Å²) in [5.74, 6) is -3.89. The summed E-state index contributed by atoms with van der Waals surface area (Å²) in [5, 5.41) is 11.2. The van der Waals surface area contributed by atoms with E-state index in [4.69, 9.17) is 5.11 Å². The molecule has 3 nitrogen and oxygen atoms in total. The second-order valence-corrected chi connectivity index (χ2v) is 6.09. The van der Waals surface area contributed by atoms with Gasteiger partial charge in [-0.1, -0.05) is 27.7 Å². The summed E-state index contributed by atoms with van der Waals surface area (Å²) < 4.78 is 37.2. The quantitative estimate of drug-likeness (QED) is 0.804. The molecule has 0 saturated heterocycles. The van der Waals surface area contributed by atoms with Gasteiger partial charge in [-0.05, 0) is 23.3 Å². The molecule has 1 rings (SSSR count). The summed E-state index contributed by atoms with van der Waals surface area (Å²) in [6.45, 7) is 8.12. The fraction of sp³-hybridized carbons (Fsp3) is 0.917. The third kappa shape index (κ3) is 2.63. The molecule has 1 saturated carbocycles. The van der Waals surface area contributed by atoms with Gasteiger partial charge in [0.2, 0.25) is 0 Å². The molecule has 1 aliphatic rings. The highest BCUT2D eigenvalue weighted by atomic mass is 19.4. The van der Waals surface area contributed by atoms with E-state index in [0.717, 1.165) is 0 Å². The maximum atomic E-state index is 12.4. The Labute approximate surface area is 105 Å². The molecule has 0 aromatic rings. The Hall–Kier alpha value is -0.780. The second-order valence-electron chi connectivity index (χ2n) is 6.09. The van der Waals surface area contributed by atoms with Crippen LogP contribution in [-0.4, -0.2) is 30.3 Å². The van der Waals surface area contributed by atoms with E-state index < -0.39 is 24.6 Å². The van der Waals surface area contributed by atoms with Crippen LogP contribution in [0.1, 0.15) is 27.7 Å². The number of rotatable bonds is 5. The zero-order valence-electron chi connectivity index (χ0n) is 11.1. The van der Waals surface area contributed by atoms with E-state index in [9.17, 15) is 18.0 Å². The molecule has 0 radical (unpaired) electrons. The molecule has 1 fully saturated rings. The molecular formula is C12H20F3NO2. The first kappa shape index (κ1) is 15.3. The maximum Gasteiger partial charge on any atom is 0.403 e. The highest BCUT2D eigenvalue weighted by molar-refractivity contribution is 5.71. The van der Waals surface area contributed by atoms with Gasteiger partial charge in [0, 0.05) is 6.54 Å². The number of halogens is 3. The average Bonchev–Trinajstić information content (AvgIpc) is 2.50. The van der Waals surface area contributed by atoms with Gasteiger partial charge in [-0.15, -0.1) is 0 Å². The minimum absolute atomic E-state index is 0.0803. The molecule has 0 bridgehead atoms. The molecule has 2 N–H and O–H groups in total. The standard InChI is InChI=1S/C12H20F3NO2/c1-10(2)8(11(10,3)4)6-16-5-7(9(17)18)12(13,14)15/h7-8,16H,5-6H2,1-4H3,(H,17,18). The monoisotopic (exact) mass is 267 g/mol. The molecule has 0 aliphatic heterocycles. The molecular weight excluding hydrogens is 247 g/mol. The summed E-state index contributed by atoms with van der Waals surface area (Å²) in [6, 6.07) is 0. The van der Waals surface area contributed by atoms with Crippen LogP contribution in [0.3, 0.4) is 0 Å². The van der Waals surface area contributed by atoms with Gasteiger partial charge in [0.25, 0.3) is 0 Å². The van der Waals surface area contributed by atoms with E-state index in [1.165, 1.54) is 0 Å². The van der Waals surface area contributed by atoms with Crippen molar-refractivity contribution >= 4 is 5.97 Å². The Morgan fingerprint density at radius 2 is 1.72 bits per heavy atom. The van der Waals surface area contributed by atoms with E-state index in [1.807, 2.05) is 0 Å². The summed E-state index contributed by atoms with van der Waals surface area (Å²) in [4.78, 5) is 10.5. The number of carboxylic acids is 1. The van der Waals surface area contributed by atoms with Gasteiger partial charge >= 0.3 is 12.1 Å². The van der Waals surface area contributed by atoms with Crippen molar-refractivity contribution in [2.45, 2.75) is 33.9 Å². The summed E-state index contributed by atoms with van der Waals surface area (Å²) in [7, 11) is 0. The number of alkyl halides is 3. The van der Waals surface area contributed by atoms with Crippen LogP contribution < -0.4 is 5.32 Å². The molecule has 0 heterocycles. The Bertz CT molecular complexity index is 323. The molecule has 18 heavy (non-hydrogen) atoms. The Morgan fingerprint density at radius 3 is 2.00 bits per heavy atom. The first-order valence-corrected chi connectivity index (χ1v) is 5.92. The van der Waals surface area contributed by atoms with E-state index in [2.05, 4.69) is 33.0 Å². The lowest BCUT2D eigenvalue weighted by atomic mass is 10.0. The zero-order valence-corrected chi connectivity index (χ0v) is 11.1. The van der Waals surface area contributed by atoms with Crippen molar-refractivity contribution in [1.29, 1.82) is 0 Å². The number of carboxylic acid groups (broad SMARTS) is 1. The first-order valence-electron chi connectivity index (χ1n) is 5.92. The average molecular weight is 267 g/mol. The molecule has 6 heteroatoms. The Kier molecular flexibility index (Phi) is 3.74. The van der Waals surface area contributed by atoms with Crippen molar-refractivity contribution in [3.05, 3.63) is 0 Å². The van der Waals surface area contributed by atoms with Crippen LogP contribution in [0.25, 0.3) is 0 Å². The lowest BCUT2D eigenvalue weighted by molar-refractivity contribution is -0.192. The first-order chi connectivity index (χ1) is 7.92. The minimum atomic E-state index is -4.70. The summed E-state index contributed by atoms with van der Waals surface area (Å²) in [5.41, 5.74) is 0.161. The van der Waals surface area contributed by atoms with E-state index in [-0.39, 0.29) is 16.7 Å². The number of hydrogen-bond acceptors (Lipinski definition) is 2. The molecule has 106 valence electrons. The molecule has 0 aromatic heterocycles. The van der Waals surface area contributed by atoms with Crippen molar-refractivity contribution < 1.29 is 23.1 Å². The van der Waals surface area contributed by atoms with Gasteiger partial charge in [0.15, 0.2) is 5.92 Å². The fourth-order valence-electron chi connectivity index (χ4n) is 2.56. The van der Waals surface area contributed by atoms with E-state index >= 15 is 0 Å². The van der Waals surface area contributed by atoms with Crippen molar-refractivity contribution in [3.63, 3.8) is 0 Å². The van der Waals surface area contributed by atoms with Gasteiger partial charge in [0.05, 0.1) is 0 Å². The van der Waals surface area contributed by atoms with Crippen LogP contribution in [0.2, 0.25) is 0 Å². The van der Waals surface area contributed by atoms with Gasteiger partial charge in [0.1, 0.15) is 0 Å². The van der Waals surface area contributed by atoms with Crippen molar-refractivity contribution in [2.24, 2.45) is 22.7 Å². The van der Waals surface area contributed by atoms with Crippen molar-refractivity contribution in [1.82, 2.24) is 5.32 Å². The fourth-order valence-corrected chi connectivity index (χ4v) is 2.56. The van der Waals surface area contributed by atoms with Gasteiger partial charge in [-0.3, -0.25) is 4.79 Å². The Morgan fingerprint density at radius 1 is 1.28 bits per heavy atom.